The van der Waals surface area contributed by atoms with E-state index in [0.717, 1.165) is 48.2 Å². The monoisotopic (exact) mass is 423 g/mol. The molecule has 0 unspecified atom stereocenters. The molecule has 2 aromatic carbocycles. The van der Waals surface area contributed by atoms with Gasteiger partial charge >= 0.3 is 0 Å². The van der Waals surface area contributed by atoms with E-state index in [1.54, 1.807) is 23.9 Å². The Kier molecular flexibility index (Phi) is 6.32. The molecule has 1 N–H and O–H groups in total. The fourth-order valence-electron chi connectivity index (χ4n) is 3.85. The molecule has 1 amide bonds. The quantitative estimate of drug-likeness (QED) is 0.569. The highest BCUT2D eigenvalue weighted by Gasteiger charge is 2.26. The Balaban J connectivity index is 1.64. The fraction of sp³-hybridized carbons (Fsp3) is 0.333. The van der Waals surface area contributed by atoms with Crippen LogP contribution in [0.5, 0.6) is 5.75 Å². The highest BCUT2D eigenvalue weighted by atomic mass is 19.1. The minimum atomic E-state index is -0.303. The number of hydrogen-bond acceptors (Lipinski definition) is 4. The Morgan fingerprint density at radius 3 is 2.68 bits per heavy atom. The van der Waals surface area contributed by atoms with Crippen LogP contribution < -0.4 is 10.1 Å². The molecule has 1 aromatic heterocycles. The van der Waals surface area contributed by atoms with Gasteiger partial charge < -0.3 is 14.8 Å². The maximum atomic E-state index is 13.4. The number of methoxy groups -OCH3 is 1. The van der Waals surface area contributed by atoms with Crippen molar-refractivity contribution in [1.29, 1.82) is 0 Å². The number of amides is 1. The molecule has 1 heterocycles. The van der Waals surface area contributed by atoms with E-state index in [-0.39, 0.29) is 11.7 Å². The number of aromatic nitrogens is 2. The lowest BCUT2D eigenvalue weighted by Gasteiger charge is -2.15. The number of anilines is 1. The summed E-state index contributed by atoms with van der Waals surface area (Å²) < 4.78 is 26.0. The molecule has 0 saturated carbocycles. The molecule has 0 saturated heterocycles. The van der Waals surface area contributed by atoms with Crippen molar-refractivity contribution in [3.05, 3.63) is 70.8 Å². The number of carbonyl (C=O) groups excluding carboxylic acids is 1. The van der Waals surface area contributed by atoms with Crippen LogP contribution in [0.3, 0.4) is 0 Å². The minimum Gasteiger partial charge on any atom is -0.489 e. The van der Waals surface area contributed by atoms with Crippen molar-refractivity contribution in [2.45, 2.75) is 32.6 Å². The predicted molar refractivity (Wildman–Crippen MR) is 117 cm³/mol. The van der Waals surface area contributed by atoms with E-state index in [9.17, 15) is 9.18 Å². The number of nitrogens with one attached hydrogen (secondary N) is 1. The summed E-state index contributed by atoms with van der Waals surface area (Å²) in [4.78, 5) is 13.2. The zero-order chi connectivity index (χ0) is 21.8. The molecule has 0 radical (unpaired) electrons. The van der Waals surface area contributed by atoms with E-state index in [2.05, 4.69) is 10.4 Å². The molecular formula is C24H26FN3O3. The first kappa shape index (κ1) is 21.1. The Morgan fingerprint density at radius 2 is 1.90 bits per heavy atom. The normalized spacial score (nSPS) is 13.0. The summed E-state index contributed by atoms with van der Waals surface area (Å²) in [5, 5.41) is 7.60. The van der Waals surface area contributed by atoms with Gasteiger partial charge in [-0.15, -0.1) is 0 Å². The van der Waals surface area contributed by atoms with Gasteiger partial charge in [0.15, 0.2) is 5.69 Å². The van der Waals surface area contributed by atoms with Crippen molar-refractivity contribution in [3.8, 4) is 11.4 Å². The van der Waals surface area contributed by atoms with Crippen molar-refractivity contribution in [1.82, 2.24) is 9.78 Å². The van der Waals surface area contributed by atoms with E-state index in [1.807, 2.05) is 25.1 Å². The number of hydrogen-bond donors (Lipinski definition) is 1. The van der Waals surface area contributed by atoms with Crippen LogP contribution >= 0.6 is 0 Å². The first-order valence-electron chi connectivity index (χ1n) is 10.5. The van der Waals surface area contributed by atoms with Gasteiger partial charge in [0.25, 0.3) is 5.91 Å². The minimum absolute atomic E-state index is 0.278. The summed E-state index contributed by atoms with van der Waals surface area (Å²) in [6, 6.07) is 11.8. The summed E-state index contributed by atoms with van der Waals surface area (Å²) in [7, 11) is 1.61. The first-order valence-corrected chi connectivity index (χ1v) is 10.5. The number of halogens is 1. The highest BCUT2D eigenvalue weighted by Crippen LogP contribution is 2.30. The van der Waals surface area contributed by atoms with Crippen molar-refractivity contribution < 1.29 is 18.7 Å². The molecule has 3 aromatic rings. The highest BCUT2D eigenvalue weighted by molar-refractivity contribution is 6.05. The molecule has 1 aliphatic rings. The van der Waals surface area contributed by atoms with E-state index in [1.165, 1.54) is 12.1 Å². The Bertz CT molecular complexity index is 1080. The second-order valence-corrected chi connectivity index (χ2v) is 7.66. The van der Waals surface area contributed by atoms with Gasteiger partial charge in [0.2, 0.25) is 0 Å². The van der Waals surface area contributed by atoms with Crippen LogP contribution in [-0.4, -0.2) is 36.0 Å². The average molecular weight is 423 g/mol. The molecule has 162 valence electrons. The third kappa shape index (κ3) is 4.61. The lowest BCUT2D eigenvalue weighted by Crippen LogP contribution is -2.17. The number of nitrogens with zero attached hydrogens (tertiary/aromatic N) is 2. The number of benzene rings is 2. The number of rotatable bonds is 7. The largest absolute Gasteiger partial charge is 0.489 e. The van der Waals surface area contributed by atoms with Crippen LogP contribution in [0.2, 0.25) is 0 Å². The Hall–Kier alpha value is -3.19. The van der Waals surface area contributed by atoms with Gasteiger partial charge in [0, 0.05) is 18.4 Å². The van der Waals surface area contributed by atoms with Gasteiger partial charge in [-0.2, -0.15) is 5.10 Å². The lowest BCUT2D eigenvalue weighted by atomic mass is 9.95. The third-order valence-corrected chi connectivity index (χ3v) is 5.40. The second-order valence-electron chi connectivity index (χ2n) is 7.66. The van der Waals surface area contributed by atoms with E-state index in [4.69, 9.17) is 9.47 Å². The zero-order valence-electron chi connectivity index (χ0n) is 17.8. The van der Waals surface area contributed by atoms with Crippen molar-refractivity contribution >= 4 is 11.6 Å². The molecule has 7 heteroatoms. The number of aryl methyl sites for hydroxylation is 1. The summed E-state index contributed by atoms with van der Waals surface area (Å²) in [6.07, 6.45) is 3.68. The van der Waals surface area contributed by atoms with Crippen molar-refractivity contribution in [3.63, 3.8) is 0 Å². The lowest BCUT2D eigenvalue weighted by molar-refractivity contribution is 0.102. The van der Waals surface area contributed by atoms with Crippen LogP contribution in [0.25, 0.3) is 5.69 Å². The number of ether oxygens (including phenoxy) is 2. The molecule has 1 aliphatic carbocycles. The average Bonchev–Trinajstić information content (AvgIpc) is 3.16. The van der Waals surface area contributed by atoms with Gasteiger partial charge in [0.05, 0.1) is 18.0 Å². The standard InChI is InChI=1S/C24H26FN3O3/c1-16-7-12-20(22(15-16)31-14-13-30-2)26-24(29)23-19-5-3-4-6-21(19)28(27-23)18-10-8-17(25)9-11-18/h7-12,15H,3-6,13-14H2,1-2H3,(H,26,29). The number of carbonyl (C=O) groups is 1. The Morgan fingerprint density at radius 1 is 1.13 bits per heavy atom. The third-order valence-electron chi connectivity index (χ3n) is 5.40. The van der Waals surface area contributed by atoms with Crippen LogP contribution in [0, 0.1) is 12.7 Å². The van der Waals surface area contributed by atoms with Crippen LogP contribution in [-0.2, 0) is 17.6 Å². The Labute approximate surface area is 181 Å². The summed E-state index contributed by atoms with van der Waals surface area (Å²) in [5.74, 6) is 0.0137. The summed E-state index contributed by atoms with van der Waals surface area (Å²) in [5.41, 5.74) is 4.75. The molecule has 0 spiro atoms. The van der Waals surface area contributed by atoms with Crippen molar-refractivity contribution in [2.24, 2.45) is 0 Å². The molecule has 0 atom stereocenters. The molecule has 31 heavy (non-hydrogen) atoms. The SMILES string of the molecule is COCCOc1cc(C)ccc1NC(=O)c1nn(-c2ccc(F)cc2)c2c1CCCC2. The summed E-state index contributed by atoms with van der Waals surface area (Å²) >= 11 is 0. The first-order chi connectivity index (χ1) is 15.1. The van der Waals surface area contributed by atoms with Gasteiger partial charge in [-0.25, -0.2) is 9.07 Å². The topological polar surface area (TPSA) is 65.4 Å². The molecular weight excluding hydrogens is 397 g/mol. The van der Waals surface area contributed by atoms with Gasteiger partial charge in [-0.05, 0) is 74.6 Å². The maximum absolute atomic E-state index is 13.4. The molecule has 0 aliphatic heterocycles. The smallest absolute Gasteiger partial charge is 0.276 e. The van der Waals surface area contributed by atoms with E-state index in [0.29, 0.717) is 30.3 Å². The van der Waals surface area contributed by atoms with Crippen molar-refractivity contribution in [2.75, 3.05) is 25.6 Å². The fourth-order valence-corrected chi connectivity index (χ4v) is 3.85. The molecule has 4 rings (SSSR count). The second kappa shape index (κ2) is 9.31. The molecule has 0 fully saturated rings. The predicted octanol–water partition coefficient (Wildman–Crippen LogP) is 4.48. The maximum Gasteiger partial charge on any atom is 0.276 e. The van der Waals surface area contributed by atoms with E-state index >= 15 is 0 Å². The number of fused-ring (bicyclic) bond motifs is 1. The van der Waals surface area contributed by atoms with Crippen LogP contribution in [0.15, 0.2) is 42.5 Å². The zero-order valence-corrected chi connectivity index (χ0v) is 17.8. The molecule has 6 nitrogen and oxygen atoms in total. The van der Waals surface area contributed by atoms with Gasteiger partial charge in [-0.3, -0.25) is 4.79 Å². The van der Waals surface area contributed by atoms with Gasteiger partial charge in [-0.1, -0.05) is 6.07 Å². The van der Waals surface area contributed by atoms with Crippen LogP contribution in [0.1, 0.15) is 40.2 Å². The van der Waals surface area contributed by atoms with Gasteiger partial charge in [0.1, 0.15) is 18.2 Å². The summed E-state index contributed by atoms with van der Waals surface area (Å²) in [6.45, 7) is 2.81. The molecule has 0 bridgehead atoms. The van der Waals surface area contributed by atoms with E-state index < -0.39 is 0 Å². The van der Waals surface area contributed by atoms with Crippen LogP contribution in [0.4, 0.5) is 10.1 Å².